The Morgan fingerprint density at radius 3 is 2.65 bits per heavy atom. The van der Waals surface area contributed by atoms with Crippen molar-refractivity contribution in [3.63, 3.8) is 0 Å². The summed E-state index contributed by atoms with van der Waals surface area (Å²) in [6, 6.07) is 10.1. The smallest absolute Gasteiger partial charge is 0.0666 e. The first-order chi connectivity index (χ1) is 9.73. The number of aliphatic hydroxyl groups is 1. The minimum atomic E-state index is -0.0400. The Labute approximate surface area is 120 Å². The molecule has 0 saturated heterocycles. The van der Waals surface area contributed by atoms with Gasteiger partial charge in [-0.2, -0.15) is 5.10 Å². The molecule has 0 aliphatic heterocycles. The Morgan fingerprint density at radius 1 is 1.25 bits per heavy atom. The first-order valence-electron chi connectivity index (χ1n) is 7.18. The van der Waals surface area contributed by atoms with E-state index in [-0.39, 0.29) is 12.0 Å². The fourth-order valence-electron chi connectivity index (χ4n) is 2.25. The molecule has 0 unspecified atom stereocenters. The molecule has 0 aliphatic rings. The van der Waals surface area contributed by atoms with Crippen molar-refractivity contribution >= 4 is 5.69 Å². The molecule has 4 heteroatoms. The summed E-state index contributed by atoms with van der Waals surface area (Å²) < 4.78 is 1.84. The summed E-state index contributed by atoms with van der Waals surface area (Å²) in [5.74, 6) is 0. The van der Waals surface area contributed by atoms with Crippen LogP contribution in [0.3, 0.4) is 0 Å². The van der Waals surface area contributed by atoms with Crippen molar-refractivity contribution in [1.29, 1.82) is 0 Å². The zero-order valence-electron chi connectivity index (χ0n) is 12.2. The Morgan fingerprint density at radius 2 is 2.05 bits per heavy atom. The van der Waals surface area contributed by atoms with Gasteiger partial charge in [0.25, 0.3) is 0 Å². The van der Waals surface area contributed by atoms with Gasteiger partial charge in [-0.1, -0.05) is 19.9 Å². The summed E-state index contributed by atoms with van der Waals surface area (Å²) in [6.07, 6.45) is 5.62. The SMILES string of the molecule is CCC(CC)(CO)CNc1cccc(-n2cccn2)c1. The molecule has 1 heterocycles. The van der Waals surface area contributed by atoms with Gasteiger partial charge in [-0.3, -0.25) is 0 Å². The molecule has 0 bridgehead atoms. The molecule has 2 aromatic rings. The summed E-state index contributed by atoms with van der Waals surface area (Å²) in [7, 11) is 0. The molecule has 1 aromatic carbocycles. The van der Waals surface area contributed by atoms with Crippen molar-refractivity contribution in [2.24, 2.45) is 5.41 Å². The highest BCUT2D eigenvalue weighted by Crippen LogP contribution is 2.26. The van der Waals surface area contributed by atoms with Gasteiger partial charge in [0.1, 0.15) is 0 Å². The lowest BCUT2D eigenvalue weighted by molar-refractivity contribution is 0.127. The molecule has 2 rings (SSSR count). The van der Waals surface area contributed by atoms with Gasteiger partial charge in [-0.25, -0.2) is 4.68 Å². The Kier molecular flexibility index (Phi) is 4.79. The number of nitrogens with zero attached hydrogens (tertiary/aromatic N) is 2. The van der Waals surface area contributed by atoms with Crippen LogP contribution >= 0.6 is 0 Å². The Bertz CT molecular complexity index is 510. The molecule has 0 amide bonds. The van der Waals surface area contributed by atoms with Gasteiger partial charge >= 0.3 is 0 Å². The topological polar surface area (TPSA) is 50.1 Å². The molecule has 0 fully saturated rings. The molecule has 0 radical (unpaired) electrons. The second-order valence-electron chi connectivity index (χ2n) is 5.22. The molecular weight excluding hydrogens is 250 g/mol. The first-order valence-corrected chi connectivity index (χ1v) is 7.18. The number of aromatic nitrogens is 2. The maximum atomic E-state index is 9.61. The number of anilines is 1. The summed E-state index contributed by atoms with van der Waals surface area (Å²) in [5.41, 5.74) is 2.04. The molecule has 0 spiro atoms. The van der Waals surface area contributed by atoms with Gasteiger partial charge < -0.3 is 10.4 Å². The minimum Gasteiger partial charge on any atom is -0.396 e. The van der Waals surface area contributed by atoms with Gasteiger partial charge in [-0.15, -0.1) is 0 Å². The maximum absolute atomic E-state index is 9.61. The molecule has 0 aliphatic carbocycles. The van der Waals surface area contributed by atoms with Gasteiger partial charge in [-0.05, 0) is 37.1 Å². The van der Waals surface area contributed by atoms with E-state index in [0.29, 0.717) is 0 Å². The van der Waals surface area contributed by atoms with E-state index in [0.717, 1.165) is 30.8 Å². The summed E-state index contributed by atoms with van der Waals surface area (Å²) in [6.45, 7) is 5.24. The number of aliphatic hydroxyl groups excluding tert-OH is 1. The third-order valence-electron chi connectivity index (χ3n) is 4.12. The number of benzene rings is 1. The van der Waals surface area contributed by atoms with Crippen LogP contribution in [-0.2, 0) is 0 Å². The van der Waals surface area contributed by atoms with Gasteiger partial charge in [0.15, 0.2) is 0 Å². The van der Waals surface area contributed by atoms with Crippen molar-refractivity contribution in [1.82, 2.24) is 9.78 Å². The zero-order chi connectivity index (χ0) is 14.4. The van der Waals surface area contributed by atoms with Crippen LogP contribution in [0.25, 0.3) is 5.69 Å². The van der Waals surface area contributed by atoms with E-state index in [4.69, 9.17) is 0 Å². The second-order valence-corrected chi connectivity index (χ2v) is 5.22. The van der Waals surface area contributed by atoms with Crippen molar-refractivity contribution in [3.05, 3.63) is 42.7 Å². The van der Waals surface area contributed by atoms with Crippen LogP contribution in [0.1, 0.15) is 26.7 Å². The van der Waals surface area contributed by atoms with E-state index in [9.17, 15) is 5.11 Å². The van der Waals surface area contributed by atoms with Crippen LogP contribution in [0.4, 0.5) is 5.69 Å². The highest BCUT2D eigenvalue weighted by atomic mass is 16.3. The monoisotopic (exact) mass is 273 g/mol. The summed E-state index contributed by atoms with van der Waals surface area (Å²) >= 11 is 0. The average molecular weight is 273 g/mol. The Balaban J connectivity index is 2.09. The lowest BCUT2D eigenvalue weighted by Gasteiger charge is -2.30. The third kappa shape index (κ3) is 3.20. The van der Waals surface area contributed by atoms with Crippen molar-refractivity contribution in [2.75, 3.05) is 18.5 Å². The van der Waals surface area contributed by atoms with Gasteiger partial charge in [0, 0.05) is 30.0 Å². The minimum absolute atomic E-state index is 0.0400. The van der Waals surface area contributed by atoms with E-state index in [1.807, 2.05) is 35.1 Å². The Hall–Kier alpha value is -1.81. The van der Waals surface area contributed by atoms with Crippen LogP contribution < -0.4 is 5.32 Å². The van der Waals surface area contributed by atoms with E-state index >= 15 is 0 Å². The van der Waals surface area contributed by atoms with Gasteiger partial charge in [0.05, 0.1) is 12.3 Å². The number of rotatable bonds is 7. The molecular formula is C16H23N3O. The van der Waals surface area contributed by atoms with E-state index < -0.39 is 0 Å². The predicted octanol–water partition coefficient (Wildman–Crippen LogP) is 3.08. The van der Waals surface area contributed by atoms with E-state index in [2.05, 4.69) is 30.3 Å². The molecule has 108 valence electrons. The molecule has 2 N–H and O–H groups in total. The van der Waals surface area contributed by atoms with E-state index in [1.165, 1.54) is 0 Å². The van der Waals surface area contributed by atoms with Crippen molar-refractivity contribution in [2.45, 2.75) is 26.7 Å². The van der Waals surface area contributed by atoms with Crippen LogP contribution in [-0.4, -0.2) is 28.0 Å². The van der Waals surface area contributed by atoms with Crippen LogP contribution in [0, 0.1) is 5.41 Å². The second kappa shape index (κ2) is 6.57. The van der Waals surface area contributed by atoms with Crippen LogP contribution in [0.15, 0.2) is 42.7 Å². The molecule has 0 atom stereocenters. The maximum Gasteiger partial charge on any atom is 0.0666 e. The first kappa shape index (κ1) is 14.6. The van der Waals surface area contributed by atoms with Gasteiger partial charge in [0.2, 0.25) is 0 Å². The lowest BCUT2D eigenvalue weighted by atomic mass is 9.83. The van der Waals surface area contributed by atoms with Crippen LogP contribution in [0.5, 0.6) is 0 Å². The summed E-state index contributed by atoms with van der Waals surface area (Å²) in [5, 5.41) is 17.3. The van der Waals surface area contributed by atoms with E-state index in [1.54, 1.807) is 6.20 Å². The third-order valence-corrected chi connectivity index (χ3v) is 4.12. The van der Waals surface area contributed by atoms with Crippen molar-refractivity contribution < 1.29 is 5.11 Å². The highest BCUT2D eigenvalue weighted by Gasteiger charge is 2.24. The largest absolute Gasteiger partial charge is 0.396 e. The number of hydrogen-bond acceptors (Lipinski definition) is 3. The molecule has 0 saturated carbocycles. The number of nitrogens with one attached hydrogen (secondary N) is 1. The standard InChI is InChI=1S/C16H23N3O/c1-3-16(4-2,13-20)12-17-14-7-5-8-15(11-14)19-10-6-9-18-19/h5-11,17,20H,3-4,12-13H2,1-2H3. The highest BCUT2D eigenvalue weighted by molar-refractivity contribution is 5.51. The number of hydrogen-bond donors (Lipinski definition) is 2. The summed E-state index contributed by atoms with van der Waals surface area (Å²) in [4.78, 5) is 0. The molecule has 20 heavy (non-hydrogen) atoms. The average Bonchev–Trinajstić information content (AvgIpc) is 3.04. The quantitative estimate of drug-likeness (QED) is 0.815. The predicted molar refractivity (Wildman–Crippen MR) is 82.2 cm³/mol. The zero-order valence-corrected chi connectivity index (χ0v) is 12.2. The van der Waals surface area contributed by atoms with Crippen molar-refractivity contribution in [3.8, 4) is 5.69 Å². The fourth-order valence-corrected chi connectivity index (χ4v) is 2.25. The molecule has 1 aromatic heterocycles. The fraction of sp³-hybridized carbons (Fsp3) is 0.438. The molecule has 4 nitrogen and oxygen atoms in total. The lowest BCUT2D eigenvalue weighted by Crippen LogP contribution is -2.32. The normalized spacial score (nSPS) is 11.6. The van der Waals surface area contributed by atoms with Crippen LogP contribution in [0.2, 0.25) is 0 Å².